The van der Waals surface area contributed by atoms with E-state index in [0.29, 0.717) is 13.1 Å². The monoisotopic (exact) mass is 469 g/mol. The van der Waals surface area contributed by atoms with Crippen molar-refractivity contribution in [2.24, 2.45) is 0 Å². The molecule has 1 aliphatic carbocycles. The Balaban J connectivity index is 1.36. The van der Waals surface area contributed by atoms with Crippen LogP contribution in [-0.4, -0.2) is 25.3 Å². The molecular weight excluding hydrogens is 442 g/mol. The Morgan fingerprint density at radius 3 is 2.50 bits per heavy atom. The highest BCUT2D eigenvalue weighted by molar-refractivity contribution is 6.35. The summed E-state index contributed by atoms with van der Waals surface area (Å²) in [5, 5.41) is 13.4. The predicted octanol–water partition coefficient (Wildman–Crippen LogP) is 6.18. The molecule has 34 heavy (non-hydrogen) atoms. The van der Waals surface area contributed by atoms with E-state index < -0.39 is 6.10 Å². The van der Waals surface area contributed by atoms with E-state index in [2.05, 4.69) is 45.5 Å². The number of aromatic nitrogens is 3. The Hall–Kier alpha value is -3.08. The third-order valence-corrected chi connectivity index (χ3v) is 7.38. The van der Waals surface area contributed by atoms with Crippen molar-refractivity contribution < 1.29 is 5.11 Å². The van der Waals surface area contributed by atoms with Crippen LogP contribution in [0.15, 0.2) is 72.8 Å². The number of benzene rings is 3. The lowest BCUT2D eigenvalue weighted by atomic mass is 9.95. The van der Waals surface area contributed by atoms with Gasteiger partial charge in [-0.05, 0) is 55.0 Å². The van der Waals surface area contributed by atoms with Crippen LogP contribution in [0, 0.1) is 0 Å². The van der Waals surface area contributed by atoms with Gasteiger partial charge in [0, 0.05) is 17.5 Å². The SMILES string of the molecule is O[C@H](Cn1c(Cc2ccccc2)nc2ccccc21)Cn1c2c(c3cccc(Cl)c31)CCCC2. The van der Waals surface area contributed by atoms with E-state index in [1.807, 2.05) is 36.4 Å². The maximum Gasteiger partial charge on any atom is 0.114 e. The van der Waals surface area contributed by atoms with Crippen LogP contribution < -0.4 is 0 Å². The van der Waals surface area contributed by atoms with E-state index in [9.17, 15) is 5.11 Å². The van der Waals surface area contributed by atoms with Crippen LogP contribution in [0.3, 0.4) is 0 Å². The Morgan fingerprint density at radius 2 is 1.62 bits per heavy atom. The van der Waals surface area contributed by atoms with Gasteiger partial charge in [-0.1, -0.05) is 66.2 Å². The molecule has 0 spiro atoms. The summed E-state index contributed by atoms with van der Waals surface area (Å²) < 4.78 is 4.47. The summed E-state index contributed by atoms with van der Waals surface area (Å²) in [5.41, 5.74) is 7.06. The van der Waals surface area contributed by atoms with Crippen LogP contribution in [0.5, 0.6) is 0 Å². The van der Waals surface area contributed by atoms with Crippen molar-refractivity contribution in [2.45, 2.75) is 51.3 Å². The van der Waals surface area contributed by atoms with Crippen molar-refractivity contribution in [1.29, 1.82) is 0 Å². The molecule has 0 bridgehead atoms. The van der Waals surface area contributed by atoms with Gasteiger partial charge < -0.3 is 14.2 Å². The molecule has 0 fully saturated rings. The van der Waals surface area contributed by atoms with E-state index in [1.165, 1.54) is 35.0 Å². The van der Waals surface area contributed by atoms with Crippen LogP contribution in [0.1, 0.15) is 35.5 Å². The first kappa shape index (κ1) is 21.5. The topological polar surface area (TPSA) is 43.0 Å². The molecule has 1 aliphatic rings. The van der Waals surface area contributed by atoms with Gasteiger partial charge in [0.05, 0.1) is 40.8 Å². The number of imidazole rings is 1. The molecule has 1 N–H and O–H groups in total. The van der Waals surface area contributed by atoms with Gasteiger partial charge in [-0.3, -0.25) is 0 Å². The van der Waals surface area contributed by atoms with Crippen molar-refractivity contribution in [3.8, 4) is 0 Å². The highest BCUT2D eigenvalue weighted by atomic mass is 35.5. The third kappa shape index (κ3) is 3.81. The van der Waals surface area contributed by atoms with Crippen molar-refractivity contribution in [3.63, 3.8) is 0 Å². The van der Waals surface area contributed by atoms with Crippen LogP contribution in [-0.2, 0) is 32.4 Å². The molecule has 4 nitrogen and oxygen atoms in total. The van der Waals surface area contributed by atoms with E-state index in [0.717, 1.165) is 46.7 Å². The molecule has 0 aliphatic heterocycles. The Morgan fingerprint density at radius 1 is 0.853 bits per heavy atom. The number of fused-ring (bicyclic) bond motifs is 4. The number of aryl methyl sites for hydroxylation is 1. The maximum absolute atomic E-state index is 11.4. The fourth-order valence-electron chi connectivity index (χ4n) is 5.57. The highest BCUT2D eigenvalue weighted by Crippen LogP contribution is 2.36. The van der Waals surface area contributed by atoms with Crippen LogP contribution >= 0.6 is 11.6 Å². The molecule has 2 heterocycles. The summed E-state index contributed by atoms with van der Waals surface area (Å²) in [6, 6.07) is 24.8. The zero-order chi connectivity index (χ0) is 23.1. The van der Waals surface area contributed by atoms with Crippen LogP contribution in [0.4, 0.5) is 0 Å². The fourth-order valence-corrected chi connectivity index (χ4v) is 5.85. The van der Waals surface area contributed by atoms with Gasteiger partial charge in [0.1, 0.15) is 5.82 Å². The van der Waals surface area contributed by atoms with Gasteiger partial charge in [-0.25, -0.2) is 4.98 Å². The van der Waals surface area contributed by atoms with Crippen molar-refractivity contribution >= 4 is 33.5 Å². The molecule has 0 radical (unpaired) electrons. The van der Waals surface area contributed by atoms with Crippen LogP contribution in [0.2, 0.25) is 5.02 Å². The largest absolute Gasteiger partial charge is 0.389 e. The first-order valence-electron chi connectivity index (χ1n) is 12.1. The van der Waals surface area contributed by atoms with Crippen molar-refractivity contribution in [2.75, 3.05) is 0 Å². The zero-order valence-corrected chi connectivity index (χ0v) is 19.9. The number of aliphatic hydroxyl groups is 1. The Labute approximate surface area is 204 Å². The quantitative estimate of drug-likeness (QED) is 0.323. The third-order valence-electron chi connectivity index (χ3n) is 7.07. The van der Waals surface area contributed by atoms with E-state index in [4.69, 9.17) is 16.6 Å². The molecule has 5 aromatic rings. The van der Waals surface area contributed by atoms with Crippen LogP contribution in [0.25, 0.3) is 21.9 Å². The molecule has 0 saturated heterocycles. The second-order valence-electron chi connectivity index (χ2n) is 9.32. The van der Waals surface area contributed by atoms with Crippen molar-refractivity contribution in [3.05, 3.63) is 100 Å². The molecule has 0 unspecified atom stereocenters. The number of rotatable bonds is 6. The first-order valence-corrected chi connectivity index (χ1v) is 12.5. The second kappa shape index (κ2) is 8.94. The molecule has 5 heteroatoms. The number of aliphatic hydroxyl groups excluding tert-OH is 1. The summed E-state index contributed by atoms with van der Waals surface area (Å²) >= 11 is 6.68. The van der Waals surface area contributed by atoms with Crippen molar-refractivity contribution in [1.82, 2.24) is 14.1 Å². The number of halogens is 1. The average Bonchev–Trinajstić information content (AvgIpc) is 3.36. The minimum Gasteiger partial charge on any atom is -0.389 e. The lowest BCUT2D eigenvalue weighted by Crippen LogP contribution is -2.24. The summed E-state index contributed by atoms with van der Waals surface area (Å²) in [5.74, 6) is 0.976. The first-order chi connectivity index (χ1) is 16.7. The normalized spacial score (nSPS) is 14.5. The predicted molar refractivity (Wildman–Crippen MR) is 139 cm³/mol. The van der Waals surface area contributed by atoms with Gasteiger partial charge in [0.15, 0.2) is 0 Å². The maximum atomic E-state index is 11.4. The molecule has 0 amide bonds. The minimum absolute atomic E-state index is 0.488. The van der Waals surface area contributed by atoms with Gasteiger partial charge in [-0.15, -0.1) is 0 Å². The lowest BCUT2D eigenvalue weighted by molar-refractivity contribution is 0.135. The highest BCUT2D eigenvalue weighted by Gasteiger charge is 2.23. The average molecular weight is 470 g/mol. The summed E-state index contributed by atoms with van der Waals surface area (Å²) in [4.78, 5) is 4.92. The smallest absolute Gasteiger partial charge is 0.114 e. The number of hydrogen-bond acceptors (Lipinski definition) is 2. The minimum atomic E-state index is -0.565. The standard InChI is InChI=1S/C29H28ClN3O/c30-24-13-8-12-23-22-11-4-6-15-26(22)33(29(23)24)19-21(34)18-32-27-16-7-5-14-25(27)31-28(32)17-20-9-2-1-3-10-20/h1-3,5,7-10,12-14,16,21,34H,4,6,11,15,17-19H2/t21-/m1/s1. The second-order valence-corrected chi connectivity index (χ2v) is 9.73. The van der Waals surface area contributed by atoms with E-state index in [1.54, 1.807) is 0 Å². The molecular formula is C29H28ClN3O. The van der Waals surface area contributed by atoms with Gasteiger partial charge in [0.2, 0.25) is 0 Å². The zero-order valence-electron chi connectivity index (χ0n) is 19.1. The molecule has 1 atom stereocenters. The van der Waals surface area contributed by atoms with Gasteiger partial charge in [-0.2, -0.15) is 0 Å². The summed E-state index contributed by atoms with van der Waals surface area (Å²) in [7, 11) is 0. The summed E-state index contributed by atoms with van der Waals surface area (Å²) in [6.45, 7) is 1.01. The Bertz CT molecular complexity index is 1470. The molecule has 2 aromatic heterocycles. The van der Waals surface area contributed by atoms with Gasteiger partial charge in [0.25, 0.3) is 0 Å². The Kier molecular flexibility index (Phi) is 5.64. The number of hydrogen-bond donors (Lipinski definition) is 1. The summed E-state index contributed by atoms with van der Waals surface area (Å²) in [6.07, 6.45) is 4.69. The lowest BCUT2D eigenvalue weighted by Gasteiger charge is -2.20. The van der Waals surface area contributed by atoms with E-state index >= 15 is 0 Å². The number of nitrogens with zero attached hydrogens (tertiary/aromatic N) is 3. The fraction of sp³-hybridized carbons (Fsp3) is 0.276. The molecule has 3 aromatic carbocycles. The number of para-hydroxylation sites is 3. The molecule has 172 valence electrons. The van der Waals surface area contributed by atoms with Gasteiger partial charge >= 0.3 is 0 Å². The van der Waals surface area contributed by atoms with E-state index in [-0.39, 0.29) is 0 Å². The molecule has 0 saturated carbocycles. The molecule has 6 rings (SSSR count).